The van der Waals surface area contributed by atoms with Gasteiger partial charge in [-0.15, -0.1) is 0 Å². The number of aryl methyl sites for hydroxylation is 1. The normalized spacial score (nSPS) is 10.1. The second-order valence-electron chi connectivity index (χ2n) is 4.39. The summed E-state index contributed by atoms with van der Waals surface area (Å²) in [5.41, 5.74) is 8.02. The highest BCUT2D eigenvalue weighted by molar-refractivity contribution is 6.32. The van der Waals surface area contributed by atoms with Gasteiger partial charge in [-0.3, -0.25) is 4.79 Å². The summed E-state index contributed by atoms with van der Waals surface area (Å²) in [7, 11) is 0. The predicted molar refractivity (Wildman–Crippen MR) is 81.2 cm³/mol. The van der Waals surface area contributed by atoms with E-state index in [0.29, 0.717) is 16.5 Å². The third kappa shape index (κ3) is 3.90. The minimum absolute atomic E-state index is 0.128. The fourth-order valence-corrected chi connectivity index (χ4v) is 1.78. The van der Waals surface area contributed by atoms with Crippen LogP contribution in [0.5, 0.6) is 5.75 Å². The Hall–Kier alpha value is -2.20. The molecular formula is C15H15ClN2O2. The molecule has 0 unspecified atom stereocenters. The average Bonchev–Trinajstić information content (AvgIpc) is 2.42. The lowest BCUT2D eigenvalue weighted by molar-refractivity contribution is -0.118. The van der Waals surface area contributed by atoms with Crippen LogP contribution in [0.4, 0.5) is 11.4 Å². The zero-order chi connectivity index (χ0) is 14.5. The van der Waals surface area contributed by atoms with Gasteiger partial charge >= 0.3 is 0 Å². The average molecular weight is 291 g/mol. The third-order valence-electron chi connectivity index (χ3n) is 2.65. The number of benzene rings is 2. The fourth-order valence-electron chi connectivity index (χ4n) is 1.61. The Morgan fingerprint density at radius 1 is 1.25 bits per heavy atom. The Balaban J connectivity index is 1.92. The summed E-state index contributed by atoms with van der Waals surface area (Å²) in [6, 6.07) is 12.4. The molecule has 0 spiro atoms. The molecule has 0 aliphatic rings. The van der Waals surface area contributed by atoms with E-state index in [4.69, 9.17) is 22.1 Å². The number of nitrogen functional groups attached to an aromatic ring is 1. The van der Waals surface area contributed by atoms with Crippen molar-refractivity contribution in [2.24, 2.45) is 0 Å². The molecule has 1 amide bonds. The summed E-state index contributed by atoms with van der Waals surface area (Å²) in [6.07, 6.45) is 0. The Morgan fingerprint density at radius 2 is 1.95 bits per heavy atom. The quantitative estimate of drug-likeness (QED) is 0.850. The molecule has 0 aromatic heterocycles. The molecule has 2 aromatic carbocycles. The molecule has 0 aliphatic heterocycles. The van der Waals surface area contributed by atoms with Gasteiger partial charge in [0.15, 0.2) is 6.61 Å². The number of hydrogen-bond donors (Lipinski definition) is 2. The lowest BCUT2D eigenvalue weighted by Crippen LogP contribution is -2.20. The van der Waals surface area contributed by atoms with Gasteiger partial charge in [0, 0.05) is 17.4 Å². The van der Waals surface area contributed by atoms with Crippen molar-refractivity contribution in [1.29, 1.82) is 0 Å². The van der Waals surface area contributed by atoms with E-state index in [-0.39, 0.29) is 12.5 Å². The minimum Gasteiger partial charge on any atom is -0.482 e. The number of nitrogens with one attached hydrogen (secondary N) is 1. The molecule has 0 radical (unpaired) electrons. The molecule has 0 saturated heterocycles. The van der Waals surface area contributed by atoms with E-state index in [1.54, 1.807) is 18.2 Å². The summed E-state index contributed by atoms with van der Waals surface area (Å²) >= 11 is 5.95. The van der Waals surface area contributed by atoms with Crippen molar-refractivity contribution < 1.29 is 9.53 Å². The standard InChI is InChI=1S/C15H15ClN2O2/c1-10-2-5-12(6-3-10)18-15(19)9-20-14-8-11(17)4-7-13(14)16/h2-8H,9,17H2,1H3,(H,18,19). The highest BCUT2D eigenvalue weighted by Gasteiger charge is 2.06. The first-order valence-electron chi connectivity index (χ1n) is 6.09. The van der Waals surface area contributed by atoms with E-state index in [1.165, 1.54) is 0 Å². The summed E-state index contributed by atoms with van der Waals surface area (Å²) in [6.45, 7) is 1.85. The SMILES string of the molecule is Cc1ccc(NC(=O)COc2cc(N)ccc2Cl)cc1. The number of amides is 1. The van der Waals surface area contributed by atoms with Gasteiger partial charge < -0.3 is 15.8 Å². The highest BCUT2D eigenvalue weighted by Crippen LogP contribution is 2.26. The Labute approximate surface area is 122 Å². The maximum absolute atomic E-state index is 11.8. The summed E-state index contributed by atoms with van der Waals surface area (Å²) in [4.78, 5) is 11.8. The van der Waals surface area contributed by atoms with Gasteiger partial charge in [0.05, 0.1) is 5.02 Å². The molecule has 0 bridgehead atoms. The van der Waals surface area contributed by atoms with Crippen LogP contribution < -0.4 is 15.8 Å². The molecule has 20 heavy (non-hydrogen) atoms. The van der Waals surface area contributed by atoms with Crippen molar-refractivity contribution in [3.05, 3.63) is 53.1 Å². The minimum atomic E-state index is -0.257. The Kier molecular flexibility index (Phi) is 4.48. The Bertz CT molecular complexity index is 612. The zero-order valence-electron chi connectivity index (χ0n) is 11.0. The van der Waals surface area contributed by atoms with E-state index in [2.05, 4.69) is 5.32 Å². The van der Waals surface area contributed by atoms with Crippen LogP contribution in [-0.2, 0) is 4.79 Å². The molecule has 2 aromatic rings. The number of rotatable bonds is 4. The highest BCUT2D eigenvalue weighted by atomic mass is 35.5. The van der Waals surface area contributed by atoms with E-state index in [0.717, 1.165) is 11.3 Å². The molecule has 0 atom stereocenters. The van der Waals surface area contributed by atoms with Crippen LogP contribution in [0.3, 0.4) is 0 Å². The van der Waals surface area contributed by atoms with Gasteiger partial charge in [-0.05, 0) is 31.2 Å². The van der Waals surface area contributed by atoms with Crippen molar-refractivity contribution in [1.82, 2.24) is 0 Å². The van der Waals surface area contributed by atoms with Gasteiger partial charge in [-0.25, -0.2) is 0 Å². The number of halogens is 1. The smallest absolute Gasteiger partial charge is 0.262 e. The number of ether oxygens (including phenoxy) is 1. The van der Waals surface area contributed by atoms with Crippen molar-refractivity contribution in [2.75, 3.05) is 17.7 Å². The van der Waals surface area contributed by atoms with Gasteiger partial charge in [0.1, 0.15) is 5.75 Å². The first kappa shape index (κ1) is 14.2. The topological polar surface area (TPSA) is 64.3 Å². The zero-order valence-corrected chi connectivity index (χ0v) is 11.8. The second-order valence-corrected chi connectivity index (χ2v) is 4.80. The fraction of sp³-hybridized carbons (Fsp3) is 0.133. The van der Waals surface area contributed by atoms with Crippen LogP contribution >= 0.6 is 11.6 Å². The molecule has 104 valence electrons. The van der Waals surface area contributed by atoms with Crippen LogP contribution in [-0.4, -0.2) is 12.5 Å². The van der Waals surface area contributed by atoms with E-state index < -0.39 is 0 Å². The number of hydrogen-bond acceptors (Lipinski definition) is 3. The molecule has 3 N–H and O–H groups in total. The molecule has 0 aliphatic carbocycles. The predicted octanol–water partition coefficient (Wildman–Crippen LogP) is 3.25. The molecule has 0 fully saturated rings. The largest absolute Gasteiger partial charge is 0.482 e. The molecule has 0 saturated carbocycles. The van der Waals surface area contributed by atoms with E-state index in [1.807, 2.05) is 31.2 Å². The molecular weight excluding hydrogens is 276 g/mol. The van der Waals surface area contributed by atoms with Crippen LogP contribution in [0.2, 0.25) is 5.02 Å². The molecule has 5 heteroatoms. The summed E-state index contributed by atoms with van der Waals surface area (Å²) in [5.74, 6) is 0.137. The van der Waals surface area contributed by atoms with Gasteiger partial charge in [0.25, 0.3) is 5.91 Å². The molecule has 0 heterocycles. The van der Waals surface area contributed by atoms with Crippen LogP contribution in [0.1, 0.15) is 5.56 Å². The van der Waals surface area contributed by atoms with Crippen molar-refractivity contribution in [3.63, 3.8) is 0 Å². The van der Waals surface area contributed by atoms with Crippen molar-refractivity contribution in [2.45, 2.75) is 6.92 Å². The maximum atomic E-state index is 11.8. The number of nitrogens with two attached hydrogens (primary N) is 1. The van der Waals surface area contributed by atoms with E-state index >= 15 is 0 Å². The van der Waals surface area contributed by atoms with E-state index in [9.17, 15) is 4.79 Å². The number of anilines is 2. The first-order chi connectivity index (χ1) is 9.54. The van der Waals surface area contributed by atoms with Crippen LogP contribution in [0.15, 0.2) is 42.5 Å². The maximum Gasteiger partial charge on any atom is 0.262 e. The third-order valence-corrected chi connectivity index (χ3v) is 2.96. The monoisotopic (exact) mass is 290 g/mol. The second kappa shape index (κ2) is 6.30. The lowest BCUT2D eigenvalue weighted by Gasteiger charge is -2.09. The van der Waals surface area contributed by atoms with Gasteiger partial charge in [0.2, 0.25) is 0 Å². The van der Waals surface area contributed by atoms with Crippen molar-refractivity contribution in [3.8, 4) is 5.75 Å². The first-order valence-corrected chi connectivity index (χ1v) is 6.47. The van der Waals surface area contributed by atoms with Crippen molar-refractivity contribution >= 4 is 28.9 Å². The Morgan fingerprint density at radius 3 is 2.65 bits per heavy atom. The number of carbonyl (C=O) groups excluding carboxylic acids is 1. The van der Waals surface area contributed by atoms with Crippen LogP contribution in [0, 0.1) is 6.92 Å². The molecule has 2 rings (SSSR count). The summed E-state index contributed by atoms with van der Waals surface area (Å²) in [5, 5.41) is 3.15. The van der Waals surface area contributed by atoms with Crippen LogP contribution in [0.25, 0.3) is 0 Å². The molecule has 4 nitrogen and oxygen atoms in total. The lowest BCUT2D eigenvalue weighted by atomic mass is 10.2. The summed E-state index contributed by atoms with van der Waals surface area (Å²) < 4.78 is 5.35. The number of carbonyl (C=O) groups is 1. The van der Waals surface area contributed by atoms with Gasteiger partial charge in [-0.2, -0.15) is 0 Å². The van der Waals surface area contributed by atoms with Gasteiger partial charge in [-0.1, -0.05) is 29.3 Å².